The average molecular weight is 158 g/mol. The molecular formula is C5H3F5. The Kier molecular flexibility index (Phi) is 1.45. The van der Waals surface area contributed by atoms with E-state index < -0.39 is 30.2 Å². The van der Waals surface area contributed by atoms with Crippen molar-refractivity contribution < 1.29 is 22.0 Å². The van der Waals surface area contributed by atoms with Crippen molar-refractivity contribution >= 4 is 0 Å². The third-order valence-electron chi connectivity index (χ3n) is 1.28. The van der Waals surface area contributed by atoms with Crippen LogP contribution in [-0.2, 0) is 0 Å². The SMILES string of the molecule is FC1=C(F)C(F)(F)C(F)C1. The molecule has 0 saturated heterocycles. The molecule has 0 amide bonds. The van der Waals surface area contributed by atoms with Crippen molar-refractivity contribution in [3.63, 3.8) is 0 Å². The molecule has 10 heavy (non-hydrogen) atoms. The van der Waals surface area contributed by atoms with E-state index in [9.17, 15) is 22.0 Å². The monoisotopic (exact) mass is 158 g/mol. The summed E-state index contributed by atoms with van der Waals surface area (Å²) in [6, 6.07) is 0. The highest BCUT2D eigenvalue weighted by Gasteiger charge is 2.52. The van der Waals surface area contributed by atoms with Gasteiger partial charge in [0.2, 0.25) is 5.83 Å². The zero-order chi connectivity index (χ0) is 7.94. The standard InChI is InChI=1S/C5H3F5/c6-2-1-3(7)5(9,10)4(2)8/h3H,1H2. The summed E-state index contributed by atoms with van der Waals surface area (Å²) >= 11 is 0. The fraction of sp³-hybridized carbons (Fsp3) is 0.600. The van der Waals surface area contributed by atoms with Crippen molar-refractivity contribution in [1.82, 2.24) is 0 Å². The molecule has 1 unspecified atom stereocenters. The first kappa shape index (κ1) is 7.50. The second-order valence-corrected chi connectivity index (χ2v) is 2.01. The molecule has 1 aliphatic rings. The van der Waals surface area contributed by atoms with Crippen molar-refractivity contribution in [2.24, 2.45) is 0 Å². The normalized spacial score (nSPS) is 31.5. The van der Waals surface area contributed by atoms with Crippen molar-refractivity contribution in [3.8, 4) is 0 Å². The minimum atomic E-state index is -4.25. The van der Waals surface area contributed by atoms with Crippen LogP contribution in [0.25, 0.3) is 0 Å². The highest BCUT2D eigenvalue weighted by atomic mass is 19.3. The van der Waals surface area contributed by atoms with E-state index in [1.165, 1.54) is 0 Å². The van der Waals surface area contributed by atoms with Gasteiger partial charge in [-0.05, 0) is 0 Å². The highest BCUT2D eigenvalue weighted by Crippen LogP contribution is 2.43. The molecule has 0 aromatic rings. The number of halogens is 5. The van der Waals surface area contributed by atoms with Crippen LogP contribution in [0.15, 0.2) is 11.7 Å². The summed E-state index contributed by atoms with van der Waals surface area (Å²) in [5.41, 5.74) is 0. The van der Waals surface area contributed by atoms with Gasteiger partial charge in [-0.15, -0.1) is 0 Å². The molecule has 1 aliphatic carbocycles. The number of allylic oxidation sites excluding steroid dienone is 2. The molecule has 0 radical (unpaired) electrons. The molecular weight excluding hydrogens is 155 g/mol. The van der Waals surface area contributed by atoms with Crippen LogP contribution in [0.2, 0.25) is 0 Å². The smallest absolute Gasteiger partial charge is 0.240 e. The van der Waals surface area contributed by atoms with E-state index >= 15 is 0 Å². The maximum atomic E-state index is 11.9. The molecule has 0 heterocycles. The van der Waals surface area contributed by atoms with E-state index in [2.05, 4.69) is 0 Å². The predicted molar refractivity (Wildman–Crippen MR) is 23.7 cm³/mol. The molecule has 1 rings (SSSR count). The Morgan fingerprint density at radius 1 is 1.30 bits per heavy atom. The van der Waals surface area contributed by atoms with Crippen LogP contribution in [0.5, 0.6) is 0 Å². The van der Waals surface area contributed by atoms with Crippen LogP contribution in [-0.4, -0.2) is 12.1 Å². The lowest BCUT2D eigenvalue weighted by Crippen LogP contribution is -2.25. The molecule has 0 aromatic heterocycles. The maximum absolute atomic E-state index is 11.9. The van der Waals surface area contributed by atoms with Gasteiger partial charge in [0.1, 0.15) is 5.83 Å². The van der Waals surface area contributed by atoms with Crippen molar-refractivity contribution in [2.75, 3.05) is 0 Å². The summed E-state index contributed by atoms with van der Waals surface area (Å²) in [5.74, 6) is -8.19. The highest BCUT2D eigenvalue weighted by molar-refractivity contribution is 5.20. The zero-order valence-corrected chi connectivity index (χ0v) is 4.67. The third kappa shape index (κ3) is 0.803. The Morgan fingerprint density at radius 3 is 1.90 bits per heavy atom. The van der Waals surface area contributed by atoms with Crippen molar-refractivity contribution in [1.29, 1.82) is 0 Å². The number of alkyl halides is 3. The molecule has 0 N–H and O–H groups in total. The second-order valence-electron chi connectivity index (χ2n) is 2.01. The first-order valence-electron chi connectivity index (χ1n) is 2.52. The van der Waals surface area contributed by atoms with Gasteiger partial charge in [0.15, 0.2) is 6.17 Å². The maximum Gasteiger partial charge on any atom is 0.332 e. The summed E-state index contributed by atoms with van der Waals surface area (Å²) in [5, 5.41) is 0. The zero-order valence-electron chi connectivity index (χ0n) is 4.67. The summed E-state index contributed by atoms with van der Waals surface area (Å²) < 4.78 is 59.5. The van der Waals surface area contributed by atoms with Gasteiger partial charge < -0.3 is 0 Å². The van der Waals surface area contributed by atoms with E-state index in [0.717, 1.165) is 0 Å². The van der Waals surface area contributed by atoms with Gasteiger partial charge in [0.25, 0.3) is 0 Å². The minimum Gasteiger partial charge on any atom is -0.240 e. The van der Waals surface area contributed by atoms with Crippen LogP contribution in [0.4, 0.5) is 22.0 Å². The van der Waals surface area contributed by atoms with Gasteiger partial charge in [-0.25, -0.2) is 13.2 Å². The Hall–Kier alpha value is -0.610. The van der Waals surface area contributed by atoms with Gasteiger partial charge in [0, 0.05) is 6.42 Å². The second kappa shape index (κ2) is 1.93. The molecule has 1 atom stereocenters. The molecule has 0 spiro atoms. The van der Waals surface area contributed by atoms with Crippen LogP contribution in [0.3, 0.4) is 0 Å². The summed E-state index contributed by atoms with van der Waals surface area (Å²) in [7, 11) is 0. The lowest BCUT2D eigenvalue weighted by Gasteiger charge is -2.09. The van der Waals surface area contributed by atoms with E-state index in [-0.39, 0.29) is 0 Å². The molecule has 0 fully saturated rings. The Balaban J connectivity index is 2.94. The lowest BCUT2D eigenvalue weighted by molar-refractivity contribution is -0.0411. The van der Waals surface area contributed by atoms with Gasteiger partial charge >= 0.3 is 5.92 Å². The quantitative estimate of drug-likeness (QED) is 0.475. The molecule has 0 bridgehead atoms. The van der Waals surface area contributed by atoms with E-state index in [0.29, 0.717) is 0 Å². The van der Waals surface area contributed by atoms with Gasteiger partial charge in [-0.3, -0.25) is 0 Å². The number of hydrogen-bond donors (Lipinski definition) is 0. The average Bonchev–Trinajstić information content (AvgIpc) is 1.97. The first-order chi connectivity index (χ1) is 4.46. The largest absolute Gasteiger partial charge is 0.332 e. The number of hydrogen-bond acceptors (Lipinski definition) is 0. The van der Waals surface area contributed by atoms with Gasteiger partial charge in [0.05, 0.1) is 0 Å². The van der Waals surface area contributed by atoms with Crippen LogP contribution in [0.1, 0.15) is 6.42 Å². The minimum absolute atomic E-state index is 1.15. The predicted octanol–water partition coefficient (Wildman–Crippen LogP) is 2.51. The number of rotatable bonds is 0. The summed E-state index contributed by atoms with van der Waals surface area (Å²) in [4.78, 5) is 0. The fourth-order valence-electron chi connectivity index (χ4n) is 0.693. The van der Waals surface area contributed by atoms with Crippen molar-refractivity contribution in [2.45, 2.75) is 18.5 Å². The van der Waals surface area contributed by atoms with Crippen LogP contribution < -0.4 is 0 Å². The topological polar surface area (TPSA) is 0 Å². The molecule has 5 heteroatoms. The molecule has 0 aromatic carbocycles. The third-order valence-corrected chi connectivity index (χ3v) is 1.28. The summed E-state index contributed by atoms with van der Waals surface area (Å²) in [6.07, 6.45) is -3.90. The van der Waals surface area contributed by atoms with E-state index in [1.54, 1.807) is 0 Å². The van der Waals surface area contributed by atoms with Crippen LogP contribution in [0, 0.1) is 0 Å². The van der Waals surface area contributed by atoms with Gasteiger partial charge in [-0.1, -0.05) is 0 Å². The lowest BCUT2D eigenvalue weighted by atomic mass is 10.2. The first-order valence-corrected chi connectivity index (χ1v) is 2.52. The Bertz CT molecular complexity index is 182. The Labute approximate surface area is 53.3 Å². The molecule has 58 valence electrons. The molecule has 0 saturated carbocycles. The van der Waals surface area contributed by atoms with E-state index in [4.69, 9.17) is 0 Å². The van der Waals surface area contributed by atoms with E-state index in [1.807, 2.05) is 0 Å². The molecule has 0 nitrogen and oxygen atoms in total. The fourth-order valence-corrected chi connectivity index (χ4v) is 0.693. The van der Waals surface area contributed by atoms with Crippen molar-refractivity contribution in [3.05, 3.63) is 11.7 Å². The van der Waals surface area contributed by atoms with Crippen LogP contribution >= 0.6 is 0 Å². The Morgan fingerprint density at radius 2 is 1.80 bits per heavy atom. The summed E-state index contributed by atoms with van der Waals surface area (Å²) in [6.45, 7) is 0. The molecule has 0 aliphatic heterocycles. The van der Waals surface area contributed by atoms with Gasteiger partial charge in [-0.2, -0.15) is 8.78 Å².